The molecule has 0 amide bonds. The number of ether oxygens (including phenoxy) is 2. The van der Waals surface area contributed by atoms with Crippen LogP contribution in [0.15, 0.2) is 0 Å². The van der Waals surface area contributed by atoms with E-state index in [4.69, 9.17) is 14.6 Å². The van der Waals surface area contributed by atoms with E-state index in [0.29, 0.717) is 6.61 Å². The normalized spacial score (nSPS) is 24.6. The van der Waals surface area contributed by atoms with E-state index in [1.807, 2.05) is 0 Å². The molecule has 6 nitrogen and oxygen atoms in total. The number of rotatable bonds is 9. The van der Waals surface area contributed by atoms with Crippen LogP contribution in [0.5, 0.6) is 0 Å². The zero-order valence-electron chi connectivity index (χ0n) is 11.2. The maximum atomic E-state index is 11.7. The van der Waals surface area contributed by atoms with Crippen LogP contribution in [0.1, 0.15) is 39.0 Å². The molecule has 0 bridgehead atoms. The van der Waals surface area contributed by atoms with Gasteiger partial charge in [-0.15, -0.1) is 0 Å². The van der Waals surface area contributed by atoms with Crippen molar-refractivity contribution in [3.63, 3.8) is 0 Å². The summed E-state index contributed by atoms with van der Waals surface area (Å²) < 4.78 is 9.93. The summed E-state index contributed by atoms with van der Waals surface area (Å²) in [4.78, 5) is 23.2. The molecule has 0 aliphatic carbocycles. The Balaban J connectivity index is 2.30. The van der Waals surface area contributed by atoms with Crippen LogP contribution in [0.4, 0.5) is 0 Å². The van der Waals surface area contributed by atoms with Crippen molar-refractivity contribution in [3.05, 3.63) is 0 Å². The van der Waals surface area contributed by atoms with Gasteiger partial charge in [0.1, 0.15) is 6.10 Å². The molecule has 1 unspecified atom stereocenters. The quantitative estimate of drug-likeness (QED) is 0.354. The smallest absolute Gasteiger partial charge is 0.344 e. The van der Waals surface area contributed by atoms with Crippen molar-refractivity contribution < 1.29 is 29.3 Å². The van der Waals surface area contributed by atoms with E-state index in [0.717, 1.165) is 32.1 Å². The average molecular weight is 274 g/mol. The van der Waals surface area contributed by atoms with E-state index in [2.05, 4.69) is 6.92 Å². The van der Waals surface area contributed by atoms with Gasteiger partial charge in [-0.1, -0.05) is 32.6 Å². The van der Waals surface area contributed by atoms with Gasteiger partial charge < -0.3 is 19.7 Å². The summed E-state index contributed by atoms with van der Waals surface area (Å²) in [5.41, 5.74) is 0. The minimum absolute atomic E-state index is 0.317. The zero-order chi connectivity index (χ0) is 14.3. The van der Waals surface area contributed by atoms with Gasteiger partial charge in [-0.25, -0.2) is 4.79 Å². The number of ketones is 1. The highest BCUT2D eigenvalue weighted by Crippen LogP contribution is 2.17. The molecule has 1 heterocycles. The highest BCUT2D eigenvalue weighted by atomic mass is 16.6. The summed E-state index contributed by atoms with van der Waals surface area (Å²) in [6.07, 6.45) is 1.25. The van der Waals surface area contributed by atoms with Gasteiger partial charge in [0.05, 0.1) is 6.61 Å². The highest BCUT2D eigenvalue weighted by Gasteiger charge is 2.47. The lowest BCUT2D eigenvalue weighted by Crippen LogP contribution is -2.37. The predicted molar refractivity (Wildman–Crippen MR) is 66.5 cm³/mol. The Kier molecular flexibility index (Phi) is 6.97. The Hall–Kier alpha value is -0.980. The number of unbranched alkanes of at least 4 members (excludes halogenated alkanes) is 4. The maximum absolute atomic E-state index is 11.7. The van der Waals surface area contributed by atoms with Crippen molar-refractivity contribution in [2.75, 3.05) is 13.2 Å². The molecule has 3 atom stereocenters. The highest BCUT2D eigenvalue weighted by molar-refractivity contribution is 6.09. The first-order valence-electron chi connectivity index (χ1n) is 6.76. The molecule has 1 aliphatic rings. The Labute approximate surface area is 112 Å². The summed E-state index contributed by atoms with van der Waals surface area (Å²) in [6, 6.07) is 0. The number of esters is 1. The maximum Gasteiger partial charge on any atom is 0.344 e. The van der Waals surface area contributed by atoms with Crippen molar-refractivity contribution in [3.8, 4) is 0 Å². The molecule has 19 heavy (non-hydrogen) atoms. The second-order valence-corrected chi connectivity index (χ2v) is 4.67. The lowest BCUT2D eigenvalue weighted by atomic mass is 10.1. The van der Waals surface area contributed by atoms with Gasteiger partial charge in [0.25, 0.3) is 0 Å². The van der Waals surface area contributed by atoms with Gasteiger partial charge in [0, 0.05) is 6.61 Å². The molecule has 0 radical (unpaired) electrons. The summed E-state index contributed by atoms with van der Waals surface area (Å²) in [5, 5.41) is 18.1. The number of Topliss-reactive ketones (excluding diaryl/α,β-unsaturated/α-hetero) is 1. The fraction of sp³-hybridized carbons (Fsp3) is 0.846. The number of cyclic esters (lactones) is 1. The van der Waals surface area contributed by atoms with Crippen molar-refractivity contribution in [2.45, 2.75) is 57.3 Å². The second kappa shape index (κ2) is 8.24. The number of hydrogen-bond acceptors (Lipinski definition) is 6. The topological polar surface area (TPSA) is 93.1 Å². The fourth-order valence-corrected chi connectivity index (χ4v) is 1.93. The van der Waals surface area contributed by atoms with Crippen LogP contribution < -0.4 is 0 Å². The number of carbonyl (C=O) groups is 2. The predicted octanol–water partition coefficient (Wildman–Crippen LogP) is 0.190. The molecule has 1 aliphatic heterocycles. The molecule has 2 N–H and O–H groups in total. The molecule has 0 aromatic rings. The Bertz CT molecular complexity index is 304. The number of carbonyl (C=O) groups excluding carboxylic acids is 2. The third-order valence-corrected chi connectivity index (χ3v) is 3.06. The van der Waals surface area contributed by atoms with Crippen LogP contribution in [0.3, 0.4) is 0 Å². The SMILES string of the molecule is CCCCCCCOC1C(=O)O[C@H]([C@@H](O)CO)C1=O. The molecule has 1 saturated heterocycles. The first kappa shape index (κ1) is 16.1. The molecule has 6 heteroatoms. The molecule has 0 aromatic carbocycles. The molecule has 0 aromatic heterocycles. The minimum atomic E-state index is -1.38. The van der Waals surface area contributed by atoms with Crippen LogP contribution in [-0.2, 0) is 19.1 Å². The van der Waals surface area contributed by atoms with Gasteiger partial charge in [0.15, 0.2) is 6.10 Å². The number of hydrogen-bond donors (Lipinski definition) is 2. The van der Waals surface area contributed by atoms with Crippen LogP contribution in [0.25, 0.3) is 0 Å². The first-order valence-corrected chi connectivity index (χ1v) is 6.76. The monoisotopic (exact) mass is 274 g/mol. The van der Waals surface area contributed by atoms with Gasteiger partial charge in [0.2, 0.25) is 11.9 Å². The Morgan fingerprint density at radius 2 is 1.95 bits per heavy atom. The summed E-state index contributed by atoms with van der Waals surface area (Å²) in [5.74, 6) is -1.39. The molecule has 1 rings (SSSR count). The van der Waals surface area contributed by atoms with E-state index in [1.54, 1.807) is 0 Å². The van der Waals surface area contributed by atoms with Gasteiger partial charge in [-0.3, -0.25) is 4.79 Å². The zero-order valence-corrected chi connectivity index (χ0v) is 11.2. The van der Waals surface area contributed by atoms with Gasteiger partial charge >= 0.3 is 5.97 Å². The third kappa shape index (κ3) is 4.56. The first-order chi connectivity index (χ1) is 9.11. The Morgan fingerprint density at radius 1 is 1.26 bits per heavy atom. The fourth-order valence-electron chi connectivity index (χ4n) is 1.93. The van der Waals surface area contributed by atoms with Gasteiger partial charge in [-0.2, -0.15) is 0 Å². The lowest BCUT2D eigenvalue weighted by molar-refractivity contribution is -0.153. The van der Waals surface area contributed by atoms with Crippen molar-refractivity contribution >= 4 is 11.8 Å². The molecular formula is C13H22O6. The third-order valence-electron chi connectivity index (χ3n) is 3.06. The second-order valence-electron chi connectivity index (χ2n) is 4.67. The van der Waals surface area contributed by atoms with Crippen molar-refractivity contribution in [2.24, 2.45) is 0 Å². The van der Waals surface area contributed by atoms with Gasteiger partial charge in [-0.05, 0) is 6.42 Å². The average Bonchev–Trinajstić information content (AvgIpc) is 2.69. The molecule has 0 spiro atoms. The molecule has 1 fully saturated rings. The standard InChI is InChI=1S/C13H22O6/c1-2-3-4-5-6-7-18-12-10(16)11(9(15)8-14)19-13(12)17/h9,11-12,14-15H,2-8H2,1H3/t9-,11+,12?/m0/s1. The largest absolute Gasteiger partial charge is 0.449 e. The van der Waals surface area contributed by atoms with Crippen LogP contribution >= 0.6 is 0 Å². The van der Waals surface area contributed by atoms with Crippen molar-refractivity contribution in [1.82, 2.24) is 0 Å². The molecule has 110 valence electrons. The van der Waals surface area contributed by atoms with E-state index >= 15 is 0 Å². The summed E-state index contributed by atoms with van der Waals surface area (Å²) in [6.45, 7) is 1.81. The lowest BCUT2D eigenvalue weighted by Gasteiger charge is -2.12. The van der Waals surface area contributed by atoms with Crippen LogP contribution in [-0.4, -0.2) is 53.5 Å². The summed E-state index contributed by atoms with van der Waals surface area (Å²) >= 11 is 0. The number of aliphatic hydroxyl groups excluding tert-OH is 2. The molecule has 0 saturated carbocycles. The van der Waals surface area contributed by atoms with E-state index in [-0.39, 0.29) is 0 Å². The van der Waals surface area contributed by atoms with E-state index in [1.165, 1.54) is 0 Å². The van der Waals surface area contributed by atoms with E-state index in [9.17, 15) is 14.7 Å². The van der Waals surface area contributed by atoms with E-state index < -0.39 is 36.7 Å². The van der Waals surface area contributed by atoms with Crippen molar-refractivity contribution in [1.29, 1.82) is 0 Å². The molecular weight excluding hydrogens is 252 g/mol. The Morgan fingerprint density at radius 3 is 2.58 bits per heavy atom. The summed E-state index contributed by atoms with van der Waals surface area (Å²) in [7, 11) is 0. The minimum Gasteiger partial charge on any atom is -0.449 e. The van der Waals surface area contributed by atoms with Crippen LogP contribution in [0.2, 0.25) is 0 Å². The number of aliphatic hydroxyl groups is 2. The van der Waals surface area contributed by atoms with Crippen LogP contribution in [0, 0.1) is 0 Å².